The number of halogens is 1. The summed E-state index contributed by atoms with van der Waals surface area (Å²) in [6.45, 7) is 6.46. The summed E-state index contributed by atoms with van der Waals surface area (Å²) >= 11 is 5.94. The van der Waals surface area contributed by atoms with Gasteiger partial charge in [0.2, 0.25) is 5.88 Å². The largest absolute Gasteiger partial charge is 0.481 e. The third-order valence-corrected chi connectivity index (χ3v) is 4.27. The van der Waals surface area contributed by atoms with E-state index in [0.29, 0.717) is 30.5 Å². The molecule has 0 spiro atoms. The van der Waals surface area contributed by atoms with Crippen molar-refractivity contribution in [2.45, 2.75) is 51.9 Å². The van der Waals surface area contributed by atoms with Crippen LogP contribution in [0, 0.1) is 0 Å². The second-order valence-corrected chi connectivity index (χ2v) is 5.37. The molecule has 0 aromatic carbocycles. The van der Waals surface area contributed by atoms with Crippen molar-refractivity contribution in [1.29, 1.82) is 0 Å². The molecule has 1 aromatic heterocycles. The summed E-state index contributed by atoms with van der Waals surface area (Å²) < 4.78 is 10.4. The van der Waals surface area contributed by atoms with Crippen molar-refractivity contribution in [1.82, 2.24) is 4.98 Å². The predicted molar refractivity (Wildman–Crippen MR) is 83.9 cm³/mol. The van der Waals surface area contributed by atoms with Gasteiger partial charge in [-0.1, -0.05) is 31.5 Å². The fourth-order valence-corrected chi connectivity index (χ4v) is 2.81. The smallest absolute Gasteiger partial charge is 0.305 e. The van der Waals surface area contributed by atoms with Crippen LogP contribution in [0.1, 0.15) is 52.0 Å². The van der Waals surface area contributed by atoms with Crippen molar-refractivity contribution >= 4 is 17.6 Å². The molecule has 0 amide bonds. The van der Waals surface area contributed by atoms with Gasteiger partial charge in [0.05, 0.1) is 13.7 Å². The maximum absolute atomic E-state index is 11.7. The van der Waals surface area contributed by atoms with E-state index in [-0.39, 0.29) is 11.4 Å². The first-order valence-electron chi connectivity index (χ1n) is 7.39. The zero-order chi connectivity index (χ0) is 15.9. The number of esters is 1. The van der Waals surface area contributed by atoms with Gasteiger partial charge < -0.3 is 9.47 Å². The van der Waals surface area contributed by atoms with Gasteiger partial charge in [-0.15, -0.1) is 0 Å². The molecule has 0 aliphatic rings. The number of methoxy groups -OCH3 is 1. The minimum Gasteiger partial charge on any atom is -0.481 e. The highest BCUT2D eigenvalue weighted by molar-refractivity contribution is 6.29. The lowest BCUT2D eigenvalue weighted by atomic mass is 9.73. The molecular weight excluding hydrogens is 290 g/mol. The third-order valence-electron chi connectivity index (χ3n) is 4.06. The van der Waals surface area contributed by atoms with Crippen LogP contribution in [0.2, 0.25) is 5.15 Å². The quantitative estimate of drug-likeness (QED) is 0.534. The second-order valence-electron chi connectivity index (χ2n) is 4.98. The molecule has 0 saturated carbocycles. The Labute approximate surface area is 131 Å². The van der Waals surface area contributed by atoms with Gasteiger partial charge in [-0.2, -0.15) is 0 Å². The Morgan fingerprint density at radius 2 is 1.95 bits per heavy atom. The summed E-state index contributed by atoms with van der Waals surface area (Å²) in [7, 11) is 1.59. The Bertz CT molecular complexity index is 473. The normalized spacial score (nSPS) is 11.3. The number of ether oxygens (including phenoxy) is 2. The molecule has 0 radical (unpaired) electrons. The summed E-state index contributed by atoms with van der Waals surface area (Å²) in [5, 5.41) is 0.405. The number of carbonyl (C=O) groups excluding carboxylic acids is 1. The van der Waals surface area contributed by atoms with E-state index >= 15 is 0 Å². The maximum Gasteiger partial charge on any atom is 0.305 e. The number of pyridine rings is 1. The molecule has 0 N–H and O–H groups in total. The summed E-state index contributed by atoms with van der Waals surface area (Å²) in [4.78, 5) is 15.9. The molecule has 5 heteroatoms. The molecule has 0 unspecified atom stereocenters. The number of hydrogen-bond donors (Lipinski definition) is 0. The molecular formula is C16H24ClNO3. The minimum absolute atomic E-state index is 0.157. The van der Waals surface area contributed by atoms with Crippen molar-refractivity contribution in [3.8, 4) is 5.88 Å². The van der Waals surface area contributed by atoms with E-state index in [2.05, 4.69) is 18.8 Å². The molecule has 1 rings (SSSR count). The number of rotatable bonds is 8. The lowest BCUT2D eigenvalue weighted by molar-refractivity contribution is -0.143. The zero-order valence-electron chi connectivity index (χ0n) is 13.2. The molecule has 1 aromatic rings. The van der Waals surface area contributed by atoms with Crippen molar-refractivity contribution < 1.29 is 14.3 Å². The van der Waals surface area contributed by atoms with E-state index in [1.165, 1.54) is 0 Å². The number of hydrogen-bond acceptors (Lipinski definition) is 4. The lowest BCUT2D eigenvalue weighted by Gasteiger charge is -2.33. The van der Waals surface area contributed by atoms with E-state index in [1.807, 2.05) is 13.0 Å². The Balaban J connectivity index is 3.06. The molecule has 0 saturated heterocycles. The van der Waals surface area contributed by atoms with Crippen LogP contribution in [0.4, 0.5) is 0 Å². The van der Waals surface area contributed by atoms with Gasteiger partial charge in [0, 0.05) is 17.4 Å². The van der Waals surface area contributed by atoms with E-state index < -0.39 is 0 Å². The van der Waals surface area contributed by atoms with E-state index in [1.54, 1.807) is 13.2 Å². The number of nitrogens with zero attached hydrogens (tertiary/aromatic N) is 1. The Kier molecular flexibility index (Phi) is 6.96. The molecule has 0 aliphatic carbocycles. The van der Waals surface area contributed by atoms with Crippen LogP contribution in [0.3, 0.4) is 0 Å². The minimum atomic E-state index is -0.162. The Morgan fingerprint density at radius 1 is 1.29 bits per heavy atom. The van der Waals surface area contributed by atoms with E-state index in [9.17, 15) is 4.79 Å². The first-order chi connectivity index (χ1) is 10.0. The van der Waals surface area contributed by atoms with Gasteiger partial charge in [0.1, 0.15) is 5.15 Å². The van der Waals surface area contributed by atoms with Crippen molar-refractivity contribution in [2.75, 3.05) is 13.7 Å². The Morgan fingerprint density at radius 3 is 2.48 bits per heavy atom. The van der Waals surface area contributed by atoms with E-state index in [4.69, 9.17) is 21.1 Å². The summed E-state index contributed by atoms with van der Waals surface area (Å²) in [6, 6.07) is 3.72. The third kappa shape index (κ3) is 4.34. The molecule has 118 valence electrons. The van der Waals surface area contributed by atoms with Gasteiger partial charge in [-0.25, -0.2) is 4.98 Å². The summed E-state index contributed by atoms with van der Waals surface area (Å²) in [5.41, 5.74) is 0.846. The molecule has 1 heterocycles. The van der Waals surface area contributed by atoms with E-state index in [0.717, 1.165) is 18.4 Å². The highest BCUT2D eigenvalue weighted by atomic mass is 35.5. The lowest BCUT2D eigenvalue weighted by Crippen LogP contribution is -2.27. The fourth-order valence-electron chi connectivity index (χ4n) is 2.67. The monoisotopic (exact) mass is 313 g/mol. The predicted octanol–water partition coefficient (Wildman–Crippen LogP) is 4.14. The van der Waals surface area contributed by atoms with Crippen LogP contribution in [-0.2, 0) is 14.9 Å². The van der Waals surface area contributed by atoms with Crippen LogP contribution >= 0.6 is 11.6 Å². The van der Waals surface area contributed by atoms with Crippen LogP contribution in [-0.4, -0.2) is 24.7 Å². The highest BCUT2D eigenvalue weighted by Gasteiger charge is 2.32. The van der Waals surface area contributed by atoms with Crippen LogP contribution < -0.4 is 4.74 Å². The average molecular weight is 314 g/mol. The van der Waals surface area contributed by atoms with Gasteiger partial charge in [-0.05, 0) is 32.3 Å². The molecule has 0 bridgehead atoms. The SMILES string of the molecule is CCOC(=O)CCC(CC)(CC)c1ccc(Cl)nc1OC. The van der Waals surface area contributed by atoms with Gasteiger partial charge in [-0.3, -0.25) is 4.79 Å². The first kappa shape index (κ1) is 17.8. The molecule has 0 atom stereocenters. The van der Waals surface area contributed by atoms with Crippen LogP contribution in [0.15, 0.2) is 12.1 Å². The summed E-state index contributed by atoms with van der Waals surface area (Å²) in [6.07, 6.45) is 2.88. The van der Waals surface area contributed by atoms with Crippen molar-refractivity contribution in [3.63, 3.8) is 0 Å². The number of aromatic nitrogens is 1. The molecule has 0 aliphatic heterocycles. The fraction of sp³-hybridized carbons (Fsp3) is 0.625. The van der Waals surface area contributed by atoms with Gasteiger partial charge in [0.15, 0.2) is 0 Å². The topological polar surface area (TPSA) is 48.4 Å². The van der Waals surface area contributed by atoms with Gasteiger partial charge in [0.25, 0.3) is 0 Å². The average Bonchev–Trinajstić information content (AvgIpc) is 2.49. The summed E-state index contributed by atoms with van der Waals surface area (Å²) in [5.74, 6) is 0.375. The standard InChI is InChI=1S/C16H24ClNO3/c1-5-16(6-2,11-10-14(19)21-7-3)12-8-9-13(17)18-15(12)20-4/h8-9H,5-7,10-11H2,1-4H3. The van der Waals surface area contributed by atoms with Crippen LogP contribution in [0.25, 0.3) is 0 Å². The van der Waals surface area contributed by atoms with Crippen molar-refractivity contribution in [3.05, 3.63) is 22.8 Å². The number of carbonyl (C=O) groups is 1. The van der Waals surface area contributed by atoms with Crippen molar-refractivity contribution in [2.24, 2.45) is 0 Å². The van der Waals surface area contributed by atoms with Gasteiger partial charge >= 0.3 is 5.97 Å². The molecule has 0 fully saturated rings. The Hall–Kier alpha value is -1.29. The highest BCUT2D eigenvalue weighted by Crippen LogP contribution is 2.41. The second kappa shape index (κ2) is 8.23. The first-order valence-corrected chi connectivity index (χ1v) is 7.77. The molecule has 21 heavy (non-hydrogen) atoms. The van der Waals surface area contributed by atoms with Crippen LogP contribution in [0.5, 0.6) is 5.88 Å². The molecule has 4 nitrogen and oxygen atoms in total. The maximum atomic E-state index is 11.7. The zero-order valence-corrected chi connectivity index (χ0v) is 14.0.